The Bertz CT molecular complexity index is 754. The summed E-state index contributed by atoms with van der Waals surface area (Å²) in [6.45, 7) is 1.38. The average Bonchev–Trinajstić information content (AvgIpc) is 2.81. The van der Waals surface area contributed by atoms with Crippen LogP contribution in [0, 0.1) is 11.8 Å². The largest absolute Gasteiger partial charge is 0.497 e. The van der Waals surface area contributed by atoms with Gasteiger partial charge in [0, 0.05) is 24.2 Å². The summed E-state index contributed by atoms with van der Waals surface area (Å²) >= 11 is 0. The Labute approximate surface area is 178 Å². The molecule has 0 radical (unpaired) electrons. The van der Waals surface area contributed by atoms with Gasteiger partial charge < -0.3 is 20.1 Å². The van der Waals surface area contributed by atoms with E-state index in [0.717, 1.165) is 37.2 Å². The zero-order chi connectivity index (χ0) is 21.3. The molecule has 1 saturated carbocycles. The first-order valence-corrected chi connectivity index (χ1v) is 10.4. The summed E-state index contributed by atoms with van der Waals surface area (Å²) < 4.78 is 10.2. The van der Waals surface area contributed by atoms with Gasteiger partial charge in [-0.1, -0.05) is 0 Å². The minimum Gasteiger partial charge on any atom is -0.497 e. The fourth-order valence-electron chi connectivity index (χ4n) is 3.80. The first kappa shape index (κ1) is 21.7. The number of amides is 2. The molecule has 1 aliphatic rings. The van der Waals surface area contributed by atoms with Gasteiger partial charge in [0.15, 0.2) is 0 Å². The summed E-state index contributed by atoms with van der Waals surface area (Å²) in [7, 11) is 3.21. The van der Waals surface area contributed by atoms with E-state index in [2.05, 4.69) is 10.6 Å². The molecule has 0 unspecified atom stereocenters. The molecule has 2 aromatic carbocycles. The van der Waals surface area contributed by atoms with Crippen LogP contribution in [0.15, 0.2) is 48.5 Å². The van der Waals surface area contributed by atoms with E-state index in [1.54, 1.807) is 62.8 Å². The number of methoxy groups -OCH3 is 2. The van der Waals surface area contributed by atoms with Gasteiger partial charge in [-0.05, 0) is 86.1 Å². The molecule has 0 atom stereocenters. The van der Waals surface area contributed by atoms with Crippen molar-refractivity contribution in [3.63, 3.8) is 0 Å². The lowest BCUT2D eigenvalue weighted by Gasteiger charge is -2.28. The summed E-state index contributed by atoms with van der Waals surface area (Å²) in [4.78, 5) is 24.6. The maximum Gasteiger partial charge on any atom is 0.251 e. The smallest absolute Gasteiger partial charge is 0.251 e. The highest BCUT2D eigenvalue weighted by Gasteiger charge is 2.22. The molecule has 0 spiro atoms. The zero-order valence-corrected chi connectivity index (χ0v) is 17.6. The normalized spacial score (nSPS) is 18.3. The third-order valence-corrected chi connectivity index (χ3v) is 5.77. The van der Waals surface area contributed by atoms with Crippen LogP contribution in [-0.4, -0.2) is 39.1 Å². The van der Waals surface area contributed by atoms with Crippen LogP contribution in [0.2, 0.25) is 0 Å². The van der Waals surface area contributed by atoms with E-state index in [9.17, 15) is 9.59 Å². The summed E-state index contributed by atoms with van der Waals surface area (Å²) in [5, 5.41) is 6.08. The monoisotopic (exact) mass is 410 g/mol. The van der Waals surface area contributed by atoms with Crippen molar-refractivity contribution < 1.29 is 19.1 Å². The summed E-state index contributed by atoms with van der Waals surface area (Å²) in [6.07, 6.45) is 4.25. The first-order valence-electron chi connectivity index (χ1n) is 10.4. The SMILES string of the molecule is COc1ccc(C(=O)NC[C@H]2CC[C@H](CNC(=O)c3ccc(OC)cc3)CC2)cc1. The van der Waals surface area contributed by atoms with E-state index >= 15 is 0 Å². The van der Waals surface area contributed by atoms with Crippen molar-refractivity contribution in [2.75, 3.05) is 27.3 Å². The van der Waals surface area contributed by atoms with Crippen molar-refractivity contribution in [3.8, 4) is 11.5 Å². The Kier molecular flexibility index (Phi) is 7.71. The maximum atomic E-state index is 12.3. The number of nitrogens with one attached hydrogen (secondary N) is 2. The van der Waals surface area contributed by atoms with Crippen LogP contribution in [0.25, 0.3) is 0 Å². The lowest BCUT2D eigenvalue weighted by molar-refractivity contribution is 0.0923. The maximum absolute atomic E-state index is 12.3. The van der Waals surface area contributed by atoms with Gasteiger partial charge in [-0.3, -0.25) is 9.59 Å². The predicted octanol–water partition coefficient (Wildman–Crippen LogP) is 3.67. The summed E-state index contributed by atoms with van der Waals surface area (Å²) in [6, 6.07) is 14.3. The number of benzene rings is 2. The Balaban J connectivity index is 1.36. The van der Waals surface area contributed by atoms with E-state index in [1.807, 2.05) is 0 Å². The zero-order valence-electron chi connectivity index (χ0n) is 17.6. The van der Waals surface area contributed by atoms with Crippen LogP contribution < -0.4 is 20.1 Å². The molecule has 160 valence electrons. The summed E-state index contributed by atoms with van der Waals surface area (Å²) in [5.74, 6) is 2.35. The molecule has 1 aliphatic carbocycles. The van der Waals surface area contributed by atoms with E-state index in [-0.39, 0.29) is 11.8 Å². The van der Waals surface area contributed by atoms with E-state index in [0.29, 0.717) is 36.1 Å². The van der Waals surface area contributed by atoms with Crippen molar-refractivity contribution in [1.29, 1.82) is 0 Å². The molecule has 1 fully saturated rings. The molecule has 0 aliphatic heterocycles. The molecule has 0 aromatic heterocycles. The van der Waals surface area contributed by atoms with E-state index in [1.165, 1.54) is 0 Å². The molecule has 2 aromatic rings. The third-order valence-electron chi connectivity index (χ3n) is 5.77. The Morgan fingerprint density at radius 1 is 0.700 bits per heavy atom. The number of rotatable bonds is 8. The molecule has 0 saturated heterocycles. The van der Waals surface area contributed by atoms with Gasteiger partial charge in [0.05, 0.1) is 14.2 Å². The van der Waals surface area contributed by atoms with Crippen LogP contribution in [-0.2, 0) is 0 Å². The number of carbonyl (C=O) groups is 2. The highest BCUT2D eigenvalue weighted by Crippen LogP contribution is 2.28. The Morgan fingerprint density at radius 2 is 1.03 bits per heavy atom. The molecule has 6 nitrogen and oxygen atoms in total. The lowest BCUT2D eigenvalue weighted by Crippen LogP contribution is -2.34. The van der Waals surface area contributed by atoms with Gasteiger partial charge in [0.2, 0.25) is 0 Å². The number of hydrogen-bond donors (Lipinski definition) is 2. The average molecular weight is 411 g/mol. The van der Waals surface area contributed by atoms with Crippen molar-refractivity contribution >= 4 is 11.8 Å². The molecule has 6 heteroatoms. The van der Waals surface area contributed by atoms with Crippen LogP contribution in [0.4, 0.5) is 0 Å². The topological polar surface area (TPSA) is 76.7 Å². The molecular weight excluding hydrogens is 380 g/mol. The van der Waals surface area contributed by atoms with Crippen LogP contribution in [0.1, 0.15) is 46.4 Å². The second kappa shape index (κ2) is 10.7. The Morgan fingerprint density at radius 3 is 1.33 bits per heavy atom. The highest BCUT2D eigenvalue weighted by atomic mass is 16.5. The van der Waals surface area contributed by atoms with Crippen LogP contribution >= 0.6 is 0 Å². The molecule has 2 N–H and O–H groups in total. The number of carbonyl (C=O) groups excluding carboxylic acids is 2. The van der Waals surface area contributed by atoms with Gasteiger partial charge in [0.25, 0.3) is 11.8 Å². The van der Waals surface area contributed by atoms with Crippen LogP contribution in [0.5, 0.6) is 11.5 Å². The predicted molar refractivity (Wildman–Crippen MR) is 116 cm³/mol. The van der Waals surface area contributed by atoms with Crippen molar-refractivity contribution in [3.05, 3.63) is 59.7 Å². The molecule has 2 amide bonds. The van der Waals surface area contributed by atoms with Gasteiger partial charge in [0.1, 0.15) is 11.5 Å². The lowest BCUT2D eigenvalue weighted by atomic mass is 9.82. The quantitative estimate of drug-likeness (QED) is 0.696. The first-order chi connectivity index (χ1) is 14.6. The van der Waals surface area contributed by atoms with Gasteiger partial charge in [-0.2, -0.15) is 0 Å². The van der Waals surface area contributed by atoms with Gasteiger partial charge >= 0.3 is 0 Å². The Hall–Kier alpha value is -3.02. The van der Waals surface area contributed by atoms with E-state index in [4.69, 9.17) is 9.47 Å². The molecule has 30 heavy (non-hydrogen) atoms. The molecule has 3 rings (SSSR count). The fraction of sp³-hybridized carbons (Fsp3) is 0.417. The molecule has 0 bridgehead atoms. The number of ether oxygens (including phenoxy) is 2. The second-order valence-electron chi connectivity index (χ2n) is 7.76. The minimum absolute atomic E-state index is 0.0495. The molecule has 0 heterocycles. The highest BCUT2D eigenvalue weighted by molar-refractivity contribution is 5.94. The minimum atomic E-state index is -0.0495. The standard InChI is InChI=1S/C24H30N2O4/c1-29-21-11-7-19(8-12-21)23(27)25-15-17-3-5-18(6-4-17)16-26-24(28)20-9-13-22(30-2)14-10-20/h7-14,17-18H,3-6,15-16H2,1-2H3,(H,25,27)(H,26,28)/t17-,18-. The van der Waals surface area contributed by atoms with Crippen molar-refractivity contribution in [2.45, 2.75) is 25.7 Å². The van der Waals surface area contributed by atoms with E-state index < -0.39 is 0 Å². The van der Waals surface area contributed by atoms with Gasteiger partial charge in [-0.15, -0.1) is 0 Å². The summed E-state index contributed by atoms with van der Waals surface area (Å²) in [5.41, 5.74) is 1.29. The van der Waals surface area contributed by atoms with Crippen LogP contribution in [0.3, 0.4) is 0 Å². The third kappa shape index (κ3) is 5.99. The van der Waals surface area contributed by atoms with Gasteiger partial charge in [-0.25, -0.2) is 0 Å². The fourth-order valence-corrected chi connectivity index (χ4v) is 3.80. The van der Waals surface area contributed by atoms with Crippen molar-refractivity contribution in [1.82, 2.24) is 10.6 Å². The molecular formula is C24H30N2O4. The van der Waals surface area contributed by atoms with Crippen molar-refractivity contribution in [2.24, 2.45) is 11.8 Å². The second-order valence-corrected chi connectivity index (χ2v) is 7.76. The number of hydrogen-bond acceptors (Lipinski definition) is 4.